The van der Waals surface area contributed by atoms with E-state index in [1.807, 2.05) is 6.92 Å². The molecule has 0 aliphatic heterocycles. The molecule has 0 rings (SSSR count). The summed E-state index contributed by atoms with van der Waals surface area (Å²) in [6.45, 7) is 8.30. The second-order valence-electron chi connectivity index (χ2n) is 4.49. The number of carboxylic acids is 1. The van der Waals surface area contributed by atoms with E-state index in [9.17, 15) is 4.79 Å². The Morgan fingerprint density at radius 1 is 1.19 bits per heavy atom. The second kappa shape index (κ2) is 9.64. The summed E-state index contributed by atoms with van der Waals surface area (Å²) >= 11 is 0. The van der Waals surface area contributed by atoms with Gasteiger partial charge in [-0.2, -0.15) is 0 Å². The predicted octanol–water partition coefficient (Wildman–Crippen LogP) is 3.14. The fourth-order valence-corrected chi connectivity index (χ4v) is 1.99. The fraction of sp³-hybridized carbons (Fsp3) is 0.923. The van der Waals surface area contributed by atoms with Crippen LogP contribution in [0.5, 0.6) is 0 Å². The average molecular weight is 229 g/mol. The fourth-order valence-electron chi connectivity index (χ4n) is 1.99. The zero-order valence-electron chi connectivity index (χ0n) is 11.0. The van der Waals surface area contributed by atoms with Gasteiger partial charge in [-0.1, -0.05) is 39.5 Å². The quantitative estimate of drug-likeness (QED) is 0.585. The summed E-state index contributed by atoms with van der Waals surface area (Å²) in [5.74, 6) is -0.697. The molecule has 0 aromatic heterocycles. The molecule has 0 radical (unpaired) electrons. The Hall–Kier alpha value is -0.570. The van der Waals surface area contributed by atoms with Gasteiger partial charge in [-0.3, -0.25) is 4.79 Å². The van der Waals surface area contributed by atoms with E-state index in [4.69, 9.17) is 5.11 Å². The van der Waals surface area contributed by atoms with Crippen molar-refractivity contribution in [3.63, 3.8) is 0 Å². The number of carboxylic acid groups (broad SMARTS) is 1. The van der Waals surface area contributed by atoms with Gasteiger partial charge in [0.2, 0.25) is 0 Å². The number of carbonyl (C=O) groups is 1. The number of nitrogens with zero attached hydrogens (tertiary/aromatic N) is 1. The molecule has 0 saturated heterocycles. The second-order valence-corrected chi connectivity index (χ2v) is 4.49. The molecule has 0 aromatic rings. The van der Waals surface area contributed by atoms with Gasteiger partial charge in [-0.15, -0.1) is 0 Å². The molecule has 0 spiro atoms. The lowest BCUT2D eigenvalue weighted by molar-refractivity contribution is -0.138. The minimum Gasteiger partial charge on any atom is -0.481 e. The molecule has 3 heteroatoms. The Morgan fingerprint density at radius 2 is 1.81 bits per heavy atom. The van der Waals surface area contributed by atoms with E-state index >= 15 is 0 Å². The highest BCUT2D eigenvalue weighted by Crippen LogP contribution is 2.08. The standard InChI is InChI=1S/C13H27NO2/c1-4-6-7-8-9-10-14(5-2)12(3)11-13(15)16/h12H,4-11H2,1-3H3,(H,15,16). The van der Waals surface area contributed by atoms with E-state index in [2.05, 4.69) is 18.7 Å². The zero-order chi connectivity index (χ0) is 12.4. The number of rotatable bonds is 10. The van der Waals surface area contributed by atoms with Crippen LogP contribution < -0.4 is 0 Å². The molecule has 0 heterocycles. The van der Waals surface area contributed by atoms with Crippen molar-refractivity contribution in [3.05, 3.63) is 0 Å². The Kier molecular flexibility index (Phi) is 9.30. The van der Waals surface area contributed by atoms with E-state index in [0.717, 1.165) is 13.1 Å². The first-order chi connectivity index (χ1) is 7.61. The molecule has 0 fully saturated rings. The molecule has 3 nitrogen and oxygen atoms in total. The van der Waals surface area contributed by atoms with Crippen molar-refractivity contribution in [3.8, 4) is 0 Å². The summed E-state index contributed by atoms with van der Waals surface area (Å²) in [5.41, 5.74) is 0. The topological polar surface area (TPSA) is 40.5 Å². The predicted molar refractivity (Wildman–Crippen MR) is 67.7 cm³/mol. The normalized spacial score (nSPS) is 13.0. The van der Waals surface area contributed by atoms with Crippen LogP contribution in [-0.2, 0) is 4.79 Å². The molecule has 96 valence electrons. The van der Waals surface area contributed by atoms with Crippen LogP contribution in [0.3, 0.4) is 0 Å². The lowest BCUT2D eigenvalue weighted by Gasteiger charge is -2.26. The van der Waals surface area contributed by atoms with Crippen LogP contribution in [-0.4, -0.2) is 35.1 Å². The average Bonchev–Trinajstić information content (AvgIpc) is 2.22. The largest absolute Gasteiger partial charge is 0.481 e. The summed E-state index contributed by atoms with van der Waals surface area (Å²) < 4.78 is 0. The maximum Gasteiger partial charge on any atom is 0.304 e. The summed E-state index contributed by atoms with van der Waals surface area (Å²) in [6, 6.07) is 0.161. The molecule has 0 amide bonds. The summed E-state index contributed by atoms with van der Waals surface area (Å²) in [4.78, 5) is 12.9. The molecule has 0 saturated carbocycles. The van der Waals surface area contributed by atoms with Crippen LogP contribution >= 0.6 is 0 Å². The first kappa shape index (κ1) is 15.4. The van der Waals surface area contributed by atoms with Crippen LogP contribution in [0.2, 0.25) is 0 Å². The van der Waals surface area contributed by atoms with Crippen LogP contribution in [0, 0.1) is 0 Å². The monoisotopic (exact) mass is 229 g/mol. The van der Waals surface area contributed by atoms with E-state index in [0.29, 0.717) is 0 Å². The lowest BCUT2D eigenvalue weighted by Crippen LogP contribution is -2.35. The molecule has 0 aliphatic rings. The molecular weight excluding hydrogens is 202 g/mol. The van der Waals surface area contributed by atoms with Gasteiger partial charge in [-0.05, 0) is 26.4 Å². The van der Waals surface area contributed by atoms with E-state index < -0.39 is 5.97 Å². The third-order valence-corrected chi connectivity index (χ3v) is 3.05. The van der Waals surface area contributed by atoms with Gasteiger partial charge in [0.15, 0.2) is 0 Å². The Morgan fingerprint density at radius 3 is 2.31 bits per heavy atom. The Labute approximate surface area is 99.8 Å². The van der Waals surface area contributed by atoms with Gasteiger partial charge < -0.3 is 10.0 Å². The van der Waals surface area contributed by atoms with Crippen LogP contribution in [0.1, 0.15) is 59.3 Å². The van der Waals surface area contributed by atoms with Crippen molar-refractivity contribution in [2.24, 2.45) is 0 Å². The first-order valence-electron chi connectivity index (χ1n) is 6.57. The molecule has 0 aliphatic carbocycles. The van der Waals surface area contributed by atoms with Crippen molar-refractivity contribution >= 4 is 5.97 Å². The minimum atomic E-state index is -0.697. The third kappa shape index (κ3) is 7.69. The van der Waals surface area contributed by atoms with E-state index in [-0.39, 0.29) is 12.5 Å². The molecule has 1 atom stereocenters. The summed E-state index contributed by atoms with van der Waals surface area (Å²) in [6.07, 6.45) is 6.61. The van der Waals surface area contributed by atoms with Gasteiger partial charge >= 0.3 is 5.97 Å². The highest BCUT2D eigenvalue weighted by atomic mass is 16.4. The molecular formula is C13H27NO2. The van der Waals surface area contributed by atoms with Gasteiger partial charge in [0, 0.05) is 6.04 Å². The SMILES string of the molecule is CCCCCCCN(CC)C(C)CC(=O)O. The van der Waals surface area contributed by atoms with Crippen molar-refractivity contribution < 1.29 is 9.90 Å². The van der Waals surface area contributed by atoms with Crippen molar-refractivity contribution in [2.45, 2.75) is 65.3 Å². The molecule has 1 N–H and O–H groups in total. The number of aliphatic carboxylic acids is 1. The minimum absolute atomic E-state index is 0.161. The highest BCUT2D eigenvalue weighted by Gasteiger charge is 2.14. The maximum atomic E-state index is 10.6. The summed E-state index contributed by atoms with van der Waals surface area (Å²) in [7, 11) is 0. The molecule has 0 aromatic carbocycles. The van der Waals surface area contributed by atoms with Crippen molar-refractivity contribution in [1.29, 1.82) is 0 Å². The van der Waals surface area contributed by atoms with Gasteiger partial charge in [0.1, 0.15) is 0 Å². The smallest absolute Gasteiger partial charge is 0.304 e. The van der Waals surface area contributed by atoms with E-state index in [1.54, 1.807) is 0 Å². The van der Waals surface area contributed by atoms with Crippen molar-refractivity contribution in [2.75, 3.05) is 13.1 Å². The third-order valence-electron chi connectivity index (χ3n) is 3.05. The zero-order valence-corrected chi connectivity index (χ0v) is 11.0. The van der Waals surface area contributed by atoms with Gasteiger partial charge in [-0.25, -0.2) is 0 Å². The Bertz CT molecular complexity index is 183. The molecule has 1 unspecified atom stereocenters. The first-order valence-corrected chi connectivity index (χ1v) is 6.57. The summed E-state index contributed by atoms with van der Waals surface area (Å²) in [5, 5.41) is 8.74. The number of hydrogen-bond donors (Lipinski definition) is 1. The maximum absolute atomic E-state index is 10.6. The highest BCUT2D eigenvalue weighted by molar-refractivity contribution is 5.67. The molecule has 16 heavy (non-hydrogen) atoms. The number of unbranched alkanes of at least 4 members (excludes halogenated alkanes) is 4. The van der Waals surface area contributed by atoms with Crippen LogP contribution in [0.4, 0.5) is 0 Å². The number of hydrogen-bond acceptors (Lipinski definition) is 2. The van der Waals surface area contributed by atoms with Gasteiger partial charge in [0.25, 0.3) is 0 Å². The van der Waals surface area contributed by atoms with Crippen molar-refractivity contribution in [1.82, 2.24) is 4.90 Å². The van der Waals surface area contributed by atoms with Gasteiger partial charge in [0.05, 0.1) is 6.42 Å². The van der Waals surface area contributed by atoms with Crippen LogP contribution in [0.15, 0.2) is 0 Å². The molecule has 0 bridgehead atoms. The van der Waals surface area contributed by atoms with E-state index in [1.165, 1.54) is 32.1 Å². The lowest BCUT2D eigenvalue weighted by atomic mass is 10.1. The Balaban J connectivity index is 3.69. The van der Waals surface area contributed by atoms with Crippen LogP contribution in [0.25, 0.3) is 0 Å².